The molecule has 2 aromatic rings. The van der Waals surface area contributed by atoms with Crippen molar-refractivity contribution >= 4 is 5.97 Å². The summed E-state index contributed by atoms with van der Waals surface area (Å²) in [6.07, 6.45) is 4.24. The topological polar surface area (TPSA) is 35.5 Å². The molecule has 0 fully saturated rings. The van der Waals surface area contributed by atoms with Crippen LogP contribution < -0.4 is 0 Å². The fourth-order valence-electron chi connectivity index (χ4n) is 1.96. The minimum absolute atomic E-state index is 0.372. The average Bonchev–Trinajstić information content (AvgIpc) is 2.56. The molecule has 0 aliphatic heterocycles. The largest absolute Gasteiger partial charge is 0.501 e. The van der Waals surface area contributed by atoms with Gasteiger partial charge in [0.05, 0.1) is 25.6 Å². The van der Waals surface area contributed by atoms with Crippen LogP contribution in [0.15, 0.2) is 73.0 Å². The summed E-state index contributed by atoms with van der Waals surface area (Å²) in [7, 11) is 0. The van der Waals surface area contributed by atoms with Gasteiger partial charge in [-0.1, -0.05) is 60.7 Å². The zero-order chi connectivity index (χ0) is 15.5. The molecule has 0 amide bonds. The fraction of sp³-hybridized carbons (Fsp3) is 0.211. The van der Waals surface area contributed by atoms with Crippen LogP contribution in [0.2, 0.25) is 0 Å². The van der Waals surface area contributed by atoms with Gasteiger partial charge < -0.3 is 9.47 Å². The highest BCUT2D eigenvalue weighted by Crippen LogP contribution is 2.01. The van der Waals surface area contributed by atoms with Crippen LogP contribution in [-0.2, 0) is 27.1 Å². The van der Waals surface area contributed by atoms with Gasteiger partial charge in [0.15, 0.2) is 0 Å². The lowest BCUT2D eigenvalue weighted by atomic mass is 10.2. The van der Waals surface area contributed by atoms with Crippen molar-refractivity contribution < 1.29 is 14.3 Å². The van der Waals surface area contributed by atoms with Crippen molar-refractivity contribution in [3.63, 3.8) is 0 Å². The summed E-state index contributed by atoms with van der Waals surface area (Å²) >= 11 is 0. The third kappa shape index (κ3) is 6.27. The standard InChI is InChI=1S/C19H20O3/c20-19(22-16-12-18-9-5-2-6-10-18)13-15-21-14-11-17-7-3-1-4-8-17/h1-10,13,15H,11-12,14,16H2. The quantitative estimate of drug-likeness (QED) is 0.323. The third-order valence-corrected chi connectivity index (χ3v) is 3.13. The Labute approximate surface area is 131 Å². The molecule has 3 nitrogen and oxygen atoms in total. The van der Waals surface area contributed by atoms with Crippen LogP contribution in [-0.4, -0.2) is 19.2 Å². The normalized spacial score (nSPS) is 10.5. The van der Waals surface area contributed by atoms with Gasteiger partial charge in [-0.3, -0.25) is 0 Å². The van der Waals surface area contributed by atoms with E-state index in [9.17, 15) is 4.79 Å². The van der Waals surface area contributed by atoms with Crippen molar-refractivity contribution in [2.75, 3.05) is 13.2 Å². The van der Waals surface area contributed by atoms with E-state index < -0.39 is 0 Å². The van der Waals surface area contributed by atoms with Gasteiger partial charge in [-0.25, -0.2) is 4.79 Å². The Morgan fingerprint density at radius 2 is 1.36 bits per heavy atom. The Kier molecular flexibility index (Phi) is 6.76. The maximum Gasteiger partial charge on any atom is 0.333 e. The molecule has 0 atom stereocenters. The highest BCUT2D eigenvalue weighted by atomic mass is 16.5. The lowest BCUT2D eigenvalue weighted by Crippen LogP contribution is -2.05. The van der Waals surface area contributed by atoms with Gasteiger partial charge in [-0.2, -0.15) is 0 Å². The summed E-state index contributed by atoms with van der Waals surface area (Å²) in [6.45, 7) is 0.912. The van der Waals surface area contributed by atoms with E-state index in [1.807, 2.05) is 60.7 Å². The van der Waals surface area contributed by atoms with E-state index in [4.69, 9.17) is 9.47 Å². The van der Waals surface area contributed by atoms with Crippen LogP contribution in [0.1, 0.15) is 11.1 Å². The van der Waals surface area contributed by atoms with Gasteiger partial charge in [0.1, 0.15) is 0 Å². The molecule has 0 unspecified atom stereocenters. The van der Waals surface area contributed by atoms with Crippen LogP contribution in [0, 0.1) is 0 Å². The first-order valence-corrected chi connectivity index (χ1v) is 7.37. The van der Waals surface area contributed by atoms with Crippen molar-refractivity contribution in [3.05, 3.63) is 84.1 Å². The van der Waals surface area contributed by atoms with Crippen molar-refractivity contribution in [2.24, 2.45) is 0 Å². The number of rotatable bonds is 8. The first-order chi connectivity index (χ1) is 10.8. The van der Waals surface area contributed by atoms with Crippen molar-refractivity contribution in [1.82, 2.24) is 0 Å². The second-order valence-electron chi connectivity index (χ2n) is 4.81. The van der Waals surface area contributed by atoms with Gasteiger partial charge in [-0.15, -0.1) is 0 Å². The summed E-state index contributed by atoms with van der Waals surface area (Å²) in [4.78, 5) is 11.5. The van der Waals surface area contributed by atoms with Gasteiger partial charge in [-0.05, 0) is 11.1 Å². The van der Waals surface area contributed by atoms with Crippen LogP contribution in [0.4, 0.5) is 0 Å². The number of benzene rings is 2. The minimum Gasteiger partial charge on any atom is -0.501 e. The van der Waals surface area contributed by atoms with E-state index in [1.165, 1.54) is 17.9 Å². The second kappa shape index (κ2) is 9.40. The Morgan fingerprint density at radius 3 is 1.95 bits per heavy atom. The molecule has 2 aromatic carbocycles. The number of hydrogen-bond acceptors (Lipinski definition) is 3. The van der Waals surface area contributed by atoms with Crippen LogP contribution in [0.3, 0.4) is 0 Å². The van der Waals surface area contributed by atoms with E-state index in [0.717, 1.165) is 18.4 Å². The summed E-state index contributed by atoms with van der Waals surface area (Å²) in [6, 6.07) is 20.0. The van der Waals surface area contributed by atoms with E-state index in [-0.39, 0.29) is 5.97 Å². The Hall–Kier alpha value is -2.55. The third-order valence-electron chi connectivity index (χ3n) is 3.13. The molecule has 0 aliphatic rings. The molecule has 114 valence electrons. The SMILES string of the molecule is O=C(C=COCCc1ccccc1)OCCc1ccccc1. The van der Waals surface area contributed by atoms with Gasteiger partial charge in [0, 0.05) is 12.8 Å². The predicted molar refractivity (Wildman–Crippen MR) is 86.3 cm³/mol. The molecule has 0 saturated carbocycles. The lowest BCUT2D eigenvalue weighted by molar-refractivity contribution is -0.137. The predicted octanol–water partition coefficient (Wildman–Crippen LogP) is 3.55. The summed E-state index contributed by atoms with van der Waals surface area (Å²) in [5.41, 5.74) is 2.36. The number of carbonyl (C=O) groups excluding carboxylic acids is 1. The lowest BCUT2D eigenvalue weighted by Gasteiger charge is -2.03. The van der Waals surface area contributed by atoms with Gasteiger partial charge >= 0.3 is 5.97 Å². The highest BCUT2D eigenvalue weighted by molar-refractivity contribution is 5.81. The molecule has 0 N–H and O–H groups in total. The van der Waals surface area contributed by atoms with Crippen LogP contribution in [0.25, 0.3) is 0 Å². The molecule has 0 aliphatic carbocycles. The zero-order valence-electron chi connectivity index (χ0n) is 12.5. The smallest absolute Gasteiger partial charge is 0.333 e. The summed E-state index contributed by atoms with van der Waals surface area (Å²) in [5.74, 6) is -0.379. The number of hydrogen-bond donors (Lipinski definition) is 0. The first kappa shape index (κ1) is 15.8. The zero-order valence-corrected chi connectivity index (χ0v) is 12.5. The molecule has 0 bridgehead atoms. The average molecular weight is 296 g/mol. The van der Waals surface area contributed by atoms with Crippen LogP contribution >= 0.6 is 0 Å². The van der Waals surface area contributed by atoms with Crippen molar-refractivity contribution in [2.45, 2.75) is 12.8 Å². The van der Waals surface area contributed by atoms with E-state index >= 15 is 0 Å². The molecule has 0 spiro atoms. The molecule has 0 aromatic heterocycles. The monoisotopic (exact) mass is 296 g/mol. The molecule has 0 heterocycles. The molecule has 0 radical (unpaired) electrons. The second-order valence-corrected chi connectivity index (χ2v) is 4.81. The number of ether oxygens (including phenoxy) is 2. The molecular weight excluding hydrogens is 276 g/mol. The maximum atomic E-state index is 11.5. The maximum absolute atomic E-state index is 11.5. The number of carbonyl (C=O) groups is 1. The Morgan fingerprint density at radius 1 is 0.818 bits per heavy atom. The Balaban J connectivity index is 1.56. The molecule has 22 heavy (non-hydrogen) atoms. The van der Waals surface area contributed by atoms with E-state index in [2.05, 4.69) is 0 Å². The molecular formula is C19H20O3. The fourth-order valence-corrected chi connectivity index (χ4v) is 1.96. The summed E-state index contributed by atoms with van der Waals surface area (Å²) in [5, 5.41) is 0. The van der Waals surface area contributed by atoms with E-state index in [0.29, 0.717) is 13.2 Å². The van der Waals surface area contributed by atoms with Crippen LogP contribution in [0.5, 0.6) is 0 Å². The highest BCUT2D eigenvalue weighted by Gasteiger charge is 1.98. The van der Waals surface area contributed by atoms with Gasteiger partial charge in [0.2, 0.25) is 0 Å². The summed E-state index contributed by atoms with van der Waals surface area (Å²) < 4.78 is 10.4. The molecule has 3 heteroatoms. The first-order valence-electron chi connectivity index (χ1n) is 7.37. The van der Waals surface area contributed by atoms with E-state index in [1.54, 1.807) is 0 Å². The molecule has 2 rings (SSSR count). The Bertz CT molecular complexity index is 576. The van der Waals surface area contributed by atoms with Crippen molar-refractivity contribution in [1.29, 1.82) is 0 Å². The minimum atomic E-state index is -0.379. The van der Waals surface area contributed by atoms with Crippen molar-refractivity contribution in [3.8, 4) is 0 Å². The number of esters is 1. The van der Waals surface area contributed by atoms with Gasteiger partial charge in [0.25, 0.3) is 0 Å². The molecule has 0 saturated heterocycles.